The molecule has 0 aliphatic rings. The summed E-state index contributed by atoms with van der Waals surface area (Å²) in [5.41, 5.74) is 4.55. The summed E-state index contributed by atoms with van der Waals surface area (Å²) < 4.78 is 5.25. The van der Waals surface area contributed by atoms with E-state index in [9.17, 15) is 0 Å². The van der Waals surface area contributed by atoms with Gasteiger partial charge in [0.1, 0.15) is 10.9 Å². The molecule has 0 aliphatic heterocycles. The zero-order valence-corrected chi connectivity index (χ0v) is 15.7. The molecule has 0 saturated heterocycles. The van der Waals surface area contributed by atoms with Crippen molar-refractivity contribution in [2.45, 2.75) is 26.4 Å². The van der Waals surface area contributed by atoms with Crippen molar-refractivity contribution < 1.29 is 4.74 Å². The van der Waals surface area contributed by atoms with E-state index in [1.807, 2.05) is 18.2 Å². The van der Waals surface area contributed by atoms with Crippen LogP contribution in [0.1, 0.15) is 23.6 Å². The molecule has 130 valence electrons. The fraction of sp³-hybridized carbons (Fsp3) is 0.286. The van der Waals surface area contributed by atoms with Crippen molar-refractivity contribution in [3.63, 3.8) is 0 Å². The summed E-state index contributed by atoms with van der Waals surface area (Å²) in [6.07, 6.45) is 1.07. The van der Waals surface area contributed by atoms with Crippen molar-refractivity contribution in [3.8, 4) is 5.75 Å². The average molecular weight is 355 g/mol. The van der Waals surface area contributed by atoms with Crippen molar-refractivity contribution >= 4 is 22.5 Å². The molecule has 0 aliphatic carbocycles. The maximum Gasteiger partial charge on any atom is 0.134 e. The average Bonchev–Trinajstić information content (AvgIpc) is 2.62. The Bertz CT molecular complexity index is 862. The summed E-state index contributed by atoms with van der Waals surface area (Å²) in [6.45, 7) is 3.80. The van der Waals surface area contributed by atoms with Crippen LogP contribution in [0.4, 0.5) is 0 Å². The molecule has 1 heterocycles. The zero-order chi connectivity index (χ0) is 17.8. The molecule has 0 spiro atoms. The number of halogens is 1. The largest absolute Gasteiger partial charge is 0.497 e. The van der Waals surface area contributed by atoms with Crippen LogP contribution in [0, 0.1) is 0 Å². The Kier molecular flexibility index (Phi) is 5.57. The summed E-state index contributed by atoms with van der Waals surface area (Å²) in [7, 11) is 3.75. The van der Waals surface area contributed by atoms with Crippen LogP contribution < -0.4 is 4.74 Å². The third-order valence-electron chi connectivity index (χ3n) is 4.37. The molecule has 2 aromatic carbocycles. The summed E-state index contributed by atoms with van der Waals surface area (Å²) in [6, 6.07) is 16.8. The number of pyridine rings is 1. The van der Waals surface area contributed by atoms with Crippen LogP contribution >= 0.6 is 11.6 Å². The van der Waals surface area contributed by atoms with Gasteiger partial charge in [0.05, 0.1) is 12.6 Å². The smallest absolute Gasteiger partial charge is 0.134 e. The maximum absolute atomic E-state index is 6.41. The van der Waals surface area contributed by atoms with Gasteiger partial charge >= 0.3 is 0 Å². The summed E-state index contributed by atoms with van der Waals surface area (Å²) in [5.74, 6) is 0.788. The number of benzene rings is 2. The lowest BCUT2D eigenvalue weighted by Gasteiger charge is -2.18. The first kappa shape index (κ1) is 17.7. The van der Waals surface area contributed by atoms with Gasteiger partial charge in [-0.25, -0.2) is 4.98 Å². The van der Waals surface area contributed by atoms with E-state index in [1.54, 1.807) is 7.11 Å². The highest BCUT2D eigenvalue weighted by Gasteiger charge is 2.09. The number of aryl methyl sites for hydroxylation is 1. The minimum atomic E-state index is 0.550. The molecular weight excluding hydrogens is 332 g/mol. The number of ether oxygens (including phenoxy) is 1. The van der Waals surface area contributed by atoms with Gasteiger partial charge in [-0.2, -0.15) is 0 Å². The van der Waals surface area contributed by atoms with Crippen LogP contribution in [0.2, 0.25) is 5.15 Å². The van der Waals surface area contributed by atoms with Crippen molar-refractivity contribution in [3.05, 3.63) is 70.4 Å². The predicted octanol–water partition coefficient (Wildman–Crippen LogP) is 5.09. The first-order valence-electron chi connectivity index (χ1n) is 8.48. The second-order valence-electron chi connectivity index (χ2n) is 6.34. The molecule has 1 aromatic heterocycles. The van der Waals surface area contributed by atoms with E-state index in [1.165, 1.54) is 11.1 Å². The highest BCUT2D eigenvalue weighted by Crippen LogP contribution is 2.25. The molecule has 3 aromatic rings. The predicted molar refractivity (Wildman–Crippen MR) is 104 cm³/mol. The Hall–Kier alpha value is -2.10. The summed E-state index contributed by atoms with van der Waals surface area (Å²) >= 11 is 6.41. The normalized spacial score (nSPS) is 11.2. The highest BCUT2D eigenvalue weighted by molar-refractivity contribution is 6.30. The van der Waals surface area contributed by atoms with E-state index in [-0.39, 0.29) is 0 Å². The molecule has 0 amide bonds. The summed E-state index contributed by atoms with van der Waals surface area (Å²) in [5, 5.41) is 1.62. The van der Waals surface area contributed by atoms with E-state index in [2.05, 4.69) is 54.2 Å². The molecule has 25 heavy (non-hydrogen) atoms. The van der Waals surface area contributed by atoms with Crippen molar-refractivity contribution in [1.29, 1.82) is 0 Å². The van der Waals surface area contributed by atoms with E-state index >= 15 is 0 Å². The Morgan fingerprint density at radius 3 is 2.40 bits per heavy atom. The van der Waals surface area contributed by atoms with Crippen LogP contribution in [0.3, 0.4) is 0 Å². The quantitative estimate of drug-likeness (QED) is 0.576. The highest BCUT2D eigenvalue weighted by atomic mass is 35.5. The SMILES string of the molecule is CCc1ccc(CN(C)Cc2cc3ccc(OC)cc3nc2Cl)cc1. The van der Waals surface area contributed by atoms with Gasteiger partial charge in [0, 0.05) is 30.1 Å². The maximum atomic E-state index is 6.41. The van der Waals surface area contributed by atoms with E-state index in [4.69, 9.17) is 16.3 Å². The van der Waals surface area contributed by atoms with Gasteiger partial charge in [0.2, 0.25) is 0 Å². The van der Waals surface area contributed by atoms with Crippen LogP contribution in [0.5, 0.6) is 5.75 Å². The van der Waals surface area contributed by atoms with Crippen LogP contribution in [0.15, 0.2) is 48.5 Å². The lowest BCUT2D eigenvalue weighted by atomic mass is 10.1. The molecule has 0 atom stereocenters. The molecule has 0 unspecified atom stereocenters. The van der Waals surface area contributed by atoms with Gasteiger partial charge in [-0.05, 0) is 42.8 Å². The molecule has 0 saturated carbocycles. The fourth-order valence-corrected chi connectivity index (χ4v) is 3.15. The first-order valence-corrected chi connectivity index (χ1v) is 8.86. The molecule has 3 nitrogen and oxygen atoms in total. The van der Waals surface area contributed by atoms with Crippen molar-refractivity contribution in [2.75, 3.05) is 14.2 Å². The number of fused-ring (bicyclic) bond motifs is 1. The number of hydrogen-bond acceptors (Lipinski definition) is 3. The van der Waals surface area contributed by atoms with Gasteiger partial charge in [-0.1, -0.05) is 42.8 Å². The fourth-order valence-electron chi connectivity index (χ4n) is 2.94. The third kappa shape index (κ3) is 4.30. The standard InChI is InChI=1S/C21H23ClN2O/c1-4-15-5-7-16(8-6-15)13-24(2)14-18-11-17-9-10-19(25-3)12-20(17)23-21(18)22/h5-12H,4,13-14H2,1-3H3. The van der Waals surface area contributed by atoms with Gasteiger partial charge in [-0.3, -0.25) is 4.90 Å². The third-order valence-corrected chi connectivity index (χ3v) is 4.70. The Labute approximate surface area is 154 Å². The molecule has 0 N–H and O–H groups in total. The molecular formula is C21H23ClN2O. The summed E-state index contributed by atoms with van der Waals surface area (Å²) in [4.78, 5) is 6.77. The van der Waals surface area contributed by atoms with Gasteiger partial charge in [0.15, 0.2) is 0 Å². The van der Waals surface area contributed by atoms with E-state index < -0.39 is 0 Å². The second kappa shape index (κ2) is 7.85. The molecule has 0 bridgehead atoms. The first-order chi connectivity index (χ1) is 12.1. The minimum Gasteiger partial charge on any atom is -0.497 e. The Morgan fingerprint density at radius 2 is 1.72 bits per heavy atom. The lowest BCUT2D eigenvalue weighted by molar-refractivity contribution is 0.319. The number of rotatable bonds is 6. The zero-order valence-electron chi connectivity index (χ0n) is 14.9. The molecule has 0 fully saturated rings. The number of nitrogens with zero attached hydrogens (tertiary/aromatic N) is 2. The number of methoxy groups -OCH3 is 1. The van der Waals surface area contributed by atoms with Gasteiger partial charge in [-0.15, -0.1) is 0 Å². The Balaban J connectivity index is 1.75. The number of hydrogen-bond donors (Lipinski definition) is 0. The van der Waals surface area contributed by atoms with E-state index in [0.29, 0.717) is 5.15 Å². The van der Waals surface area contributed by atoms with Crippen LogP contribution in [-0.4, -0.2) is 24.0 Å². The van der Waals surface area contributed by atoms with Crippen molar-refractivity contribution in [1.82, 2.24) is 9.88 Å². The monoisotopic (exact) mass is 354 g/mol. The van der Waals surface area contributed by atoms with Crippen LogP contribution in [-0.2, 0) is 19.5 Å². The molecule has 0 radical (unpaired) electrons. The van der Waals surface area contributed by atoms with E-state index in [0.717, 1.165) is 41.7 Å². The minimum absolute atomic E-state index is 0.550. The number of aromatic nitrogens is 1. The molecule has 4 heteroatoms. The van der Waals surface area contributed by atoms with Crippen molar-refractivity contribution in [2.24, 2.45) is 0 Å². The Morgan fingerprint density at radius 1 is 1.00 bits per heavy atom. The van der Waals surface area contributed by atoms with Crippen LogP contribution in [0.25, 0.3) is 10.9 Å². The lowest BCUT2D eigenvalue weighted by Crippen LogP contribution is -2.17. The molecule has 3 rings (SSSR count). The van der Waals surface area contributed by atoms with Gasteiger partial charge < -0.3 is 4.74 Å². The van der Waals surface area contributed by atoms with Gasteiger partial charge in [0.25, 0.3) is 0 Å². The topological polar surface area (TPSA) is 25.4 Å². The second-order valence-corrected chi connectivity index (χ2v) is 6.70.